The van der Waals surface area contributed by atoms with E-state index in [2.05, 4.69) is 15.8 Å². The molecule has 5 aromatic rings. The molecule has 1 atom stereocenters. The highest BCUT2D eigenvalue weighted by atomic mass is 35.5. The van der Waals surface area contributed by atoms with E-state index in [0.717, 1.165) is 27.1 Å². The monoisotopic (exact) mass is 634 g/mol. The van der Waals surface area contributed by atoms with Crippen molar-refractivity contribution in [3.63, 3.8) is 0 Å². The Morgan fingerprint density at radius 2 is 1.50 bits per heavy atom. The molecule has 1 heterocycles. The Hall–Kier alpha value is -5.45. The lowest BCUT2D eigenvalue weighted by Gasteiger charge is -2.38. The van der Waals surface area contributed by atoms with Crippen molar-refractivity contribution in [2.45, 2.75) is 25.6 Å². The average Bonchev–Trinajstić information content (AvgIpc) is 3.25. The van der Waals surface area contributed by atoms with Gasteiger partial charge in [0, 0.05) is 15.8 Å². The molecule has 0 saturated carbocycles. The Labute approximate surface area is 270 Å². The van der Waals surface area contributed by atoms with Crippen molar-refractivity contribution >= 4 is 68.7 Å². The van der Waals surface area contributed by atoms with Gasteiger partial charge in [-0.1, -0.05) is 96.5 Å². The minimum Gasteiger partial charge on any atom is -0.306 e. The number of halogens is 1. The van der Waals surface area contributed by atoms with Crippen LogP contribution in [0.25, 0.3) is 21.5 Å². The van der Waals surface area contributed by atoms with Crippen LogP contribution in [0.2, 0.25) is 5.02 Å². The molecule has 46 heavy (non-hydrogen) atoms. The third-order valence-electron chi connectivity index (χ3n) is 8.08. The van der Waals surface area contributed by atoms with Gasteiger partial charge in [0.05, 0.1) is 23.1 Å². The predicted octanol–water partition coefficient (Wildman–Crippen LogP) is 7.07. The molecule has 0 spiro atoms. The normalized spacial score (nSPS) is 15.9. The molecule has 5 amide bonds. The van der Waals surface area contributed by atoms with Crippen LogP contribution in [-0.4, -0.2) is 57.6 Å². The molecule has 232 valence electrons. The van der Waals surface area contributed by atoms with E-state index in [9.17, 15) is 19.6 Å². The molecule has 0 aliphatic carbocycles. The van der Waals surface area contributed by atoms with Crippen LogP contribution in [0.15, 0.2) is 114 Å². The Morgan fingerprint density at radius 1 is 0.891 bits per heavy atom. The first-order valence-electron chi connectivity index (χ1n) is 14.6. The molecule has 0 bridgehead atoms. The minimum absolute atomic E-state index is 0.389. The SMILES string of the molecule is CC1(C)C(N(O)C(=O)Nc2cccc3ccccc23)N(c2cccc3ccccc23)C(=O)N1CC(=O)N/N=C/c1ccc(Cl)cc1. The largest absolute Gasteiger partial charge is 0.347 e. The van der Waals surface area contributed by atoms with Crippen LogP contribution in [0.5, 0.6) is 0 Å². The van der Waals surface area contributed by atoms with Gasteiger partial charge in [-0.2, -0.15) is 10.2 Å². The average molecular weight is 635 g/mol. The fourth-order valence-corrected chi connectivity index (χ4v) is 5.92. The quantitative estimate of drug-likeness (QED) is 0.101. The fourth-order valence-electron chi connectivity index (χ4n) is 5.79. The first-order valence-corrected chi connectivity index (χ1v) is 15.0. The topological polar surface area (TPSA) is 118 Å². The van der Waals surface area contributed by atoms with E-state index < -0.39 is 29.7 Å². The molecular weight excluding hydrogens is 604 g/mol. The zero-order valence-electron chi connectivity index (χ0n) is 25.1. The minimum atomic E-state index is -1.25. The van der Waals surface area contributed by atoms with Crippen molar-refractivity contribution in [3.05, 3.63) is 120 Å². The predicted molar refractivity (Wildman–Crippen MR) is 180 cm³/mol. The summed E-state index contributed by atoms with van der Waals surface area (Å²) in [6.45, 7) is 3.00. The molecule has 3 N–H and O–H groups in total. The van der Waals surface area contributed by atoms with Gasteiger partial charge in [-0.3, -0.25) is 14.9 Å². The Morgan fingerprint density at radius 3 is 2.22 bits per heavy atom. The number of nitrogens with zero attached hydrogens (tertiary/aromatic N) is 4. The molecule has 0 radical (unpaired) electrons. The lowest BCUT2D eigenvalue weighted by atomic mass is 9.99. The first-order chi connectivity index (χ1) is 22.1. The number of nitrogens with one attached hydrogen (secondary N) is 2. The van der Waals surface area contributed by atoms with Crippen LogP contribution in [0.3, 0.4) is 0 Å². The molecule has 1 unspecified atom stereocenters. The molecule has 5 aromatic carbocycles. The molecule has 1 aliphatic heterocycles. The van der Waals surface area contributed by atoms with Gasteiger partial charge in [-0.05, 0) is 54.4 Å². The van der Waals surface area contributed by atoms with E-state index in [1.54, 1.807) is 62.4 Å². The number of benzene rings is 5. The number of hydrazone groups is 1. The van der Waals surface area contributed by atoms with Gasteiger partial charge >= 0.3 is 12.1 Å². The summed E-state index contributed by atoms with van der Waals surface area (Å²) in [7, 11) is 0. The van der Waals surface area contributed by atoms with E-state index in [4.69, 9.17) is 11.6 Å². The van der Waals surface area contributed by atoms with Crippen LogP contribution in [0.1, 0.15) is 19.4 Å². The Kier molecular flexibility index (Phi) is 8.31. The molecule has 1 saturated heterocycles. The summed E-state index contributed by atoms with van der Waals surface area (Å²) in [4.78, 5) is 43.7. The van der Waals surface area contributed by atoms with Crippen molar-refractivity contribution in [2.75, 3.05) is 16.8 Å². The highest BCUT2D eigenvalue weighted by Gasteiger charge is 2.56. The second-order valence-electron chi connectivity index (χ2n) is 11.4. The maximum absolute atomic E-state index is 14.2. The van der Waals surface area contributed by atoms with E-state index >= 15 is 0 Å². The first kappa shape index (κ1) is 30.6. The smallest absolute Gasteiger partial charge is 0.306 e. The number of carbonyl (C=O) groups excluding carboxylic acids is 3. The number of rotatable bonds is 7. The lowest BCUT2D eigenvalue weighted by molar-refractivity contribution is -0.124. The second-order valence-corrected chi connectivity index (χ2v) is 11.8. The summed E-state index contributed by atoms with van der Waals surface area (Å²) in [6.07, 6.45) is 0.231. The van der Waals surface area contributed by atoms with E-state index in [1.165, 1.54) is 16.0 Å². The fraction of sp³-hybridized carbons (Fsp3) is 0.143. The summed E-state index contributed by atoms with van der Waals surface area (Å²) in [5, 5.41) is 22.8. The van der Waals surface area contributed by atoms with Gasteiger partial charge in [-0.15, -0.1) is 0 Å². The Bertz CT molecular complexity index is 1970. The third-order valence-corrected chi connectivity index (χ3v) is 8.33. The summed E-state index contributed by atoms with van der Waals surface area (Å²) >= 11 is 5.94. The number of hydrogen-bond acceptors (Lipinski definition) is 5. The molecule has 6 rings (SSSR count). The number of hydroxylamine groups is 2. The summed E-state index contributed by atoms with van der Waals surface area (Å²) < 4.78 is 0. The van der Waals surface area contributed by atoms with Gasteiger partial charge in [0.25, 0.3) is 5.91 Å². The number of carbonyl (C=O) groups is 3. The van der Waals surface area contributed by atoms with Crippen LogP contribution in [0.4, 0.5) is 21.0 Å². The molecular formula is C35H31ClN6O4. The zero-order valence-corrected chi connectivity index (χ0v) is 25.8. The summed E-state index contributed by atoms with van der Waals surface area (Å²) in [6, 6.07) is 31.5. The van der Waals surface area contributed by atoms with Crippen LogP contribution in [-0.2, 0) is 4.79 Å². The summed E-state index contributed by atoms with van der Waals surface area (Å²) in [5.41, 5.74) is 2.90. The number of fused-ring (bicyclic) bond motifs is 2. The third kappa shape index (κ3) is 5.83. The van der Waals surface area contributed by atoms with Crippen LogP contribution >= 0.6 is 11.6 Å². The van der Waals surface area contributed by atoms with Gasteiger partial charge in [0.2, 0.25) is 0 Å². The Balaban J connectivity index is 1.32. The van der Waals surface area contributed by atoms with E-state index in [-0.39, 0.29) is 6.54 Å². The van der Waals surface area contributed by atoms with Gasteiger partial charge in [0.1, 0.15) is 6.54 Å². The highest BCUT2D eigenvalue weighted by Crippen LogP contribution is 2.40. The van der Waals surface area contributed by atoms with Gasteiger partial charge < -0.3 is 10.2 Å². The van der Waals surface area contributed by atoms with Crippen LogP contribution < -0.4 is 15.6 Å². The van der Waals surface area contributed by atoms with Gasteiger partial charge in [-0.25, -0.2) is 15.0 Å². The van der Waals surface area contributed by atoms with E-state index in [0.29, 0.717) is 21.5 Å². The number of amides is 5. The summed E-state index contributed by atoms with van der Waals surface area (Å²) in [5.74, 6) is -0.560. The number of anilines is 2. The molecule has 0 aromatic heterocycles. The maximum atomic E-state index is 14.2. The second kappa shape index (κ2) is 12.5. The van der Waals surface area contributed by atoms with Crippen molar-refractivity contribution in [3.8, 4) is 0 Å². The van der Waals surface area contributed by atoms with Crippen molar-refractivity contribution in [1.29, 1.82) is 0 Å². The molecule has 1 fully saturated rings. The maximum Gasteiger partial charge on any atom is 0.347 e. The highest BCUT2D eigenvalue weighted by molar-refractivity contribution is 6.30. The van der Waals surface area contributed by atoms with Gasteiger partial charge in [0.15, 0.2) is 6.17 Å². The van der Waals surface area contributed by atoms with Crippen molar-refractivity contribution in [2.24, 2.45) is 5.10 Å². The number of urea groups is 2. The van der Waals surface area contributed by atoms with Crippen molar-refractivity contribution < 1.29 is 19.6 Å². The van der Waals surface area contributed by atoms with E-state index in [1.807, 2.05) is 60.7 Å². The number of hydrogen-bond donors (Lipinski definition) is 3. The molecule has 1 aliphatic rings. The zero-order chi connectivity index (χ0) is 32.4. The lowest BCUT2D eigenvalue weighted by Crippen LogP contribution is -2.58. The standard InChI is InChI=1S/C35H31ClN6O4/c1-35(2)32(42(46)33(44)38-29-15-7-11-24-9-3-5-13-27(24)29)41(30-16-8-12-25-10-4-6-14-28(25)30)34(45)40(35)22-31(43)39-37-21-23-17-19-26(36)20-18-23/h3-21,32,46H,22H2,1-2H3,(H,38,44)(H,39,43)/b37-21+. The van der Waals surface area contributed by atoms with Crippen LogP contribution in [0, 0.1) is 0 Å². The molecule has 11 heteroatoms. The van der Waals surface area contributed by atoms with Crippen molar-refractivity contribution in [1.82, 2.24) is 15.4 Å². The molecule has 10 nitrogen and oxygen atoms in total.